The minimum atomic E-state index is 0.0500. The molecule has 16 heavy (non-hydrogen) atoms. The van der Waals surface area contributed by atoms with Gasteiger partial charge in [0.05, 0.1) is 11.3 Å². The van der Waals surface area contributed by atoms with Gasteiger partial charge in [-0.05, 0) is 12.1 Å². The molecule has 0 aliphatic carbocycles. The van der Waals surface area contributed by atoms with Gasteiger partial charge in [-0.25, -0.2) is 4.99 Å². The van der Waals surface area contributed by atoms with Gasteiger partial charge in [0.2, 0.25) is 0 Å². The summed E-state index contributed by atoms with van der Waals surface area (Å²) in [6.07, 6.45) is 0. The van der Waals surface area contributed by atoms with Crippen molar-refractivity contribution in [2.45, 2.75) is 0 Å². The van der Waals surface area contributed by atoms with Crippen LogP contribution in [0.4, 0.5) is 5.69 Å². The summed E-state index contributed by atoms with van der Waals surface area (Å²) in [7, 11) is 0. The van der Waals surface area contributed by atoms with E-state index in [9.17, 15) is 10.2 Å². The smallest absolute Gasteiger partial charge is 0.142 e. The van der Waals surface area contributed by atoms with Crippen LogP contribution >= 0.6 is 0 Å². The average Bonchev–Trinajstić information content (AvgIpc) is 2.66. The maximum Gasteiger partial charge on any atom is 0.142 e. The number of phenols is 2. The first-order valence-corrected chi connectivity index (χ1v) is 4.90. The molecule has 78 valence electrons. The first-order chi connectivity index (χ1) is 7.68. The van der Waals surface area contributed by atoms with E-state index >= 15 is 0 Å². The Morgan fingerprint density at radius 1 is 1.12 bits per heavy atom. The molecule has 2 N–H and O–H groups in total. The van der Waals surface area contributed by atoms with E-state index in [4.69, 9.17) is 0 Å². The van der Waals surface area contributed by atoms with E-state index in [0.717, 1.165) is 11.3 Å². The van der Waals surface area contributed by atoms with Gasteiger partial charge in [-0.1, -0.05) is 24.8 Å². The lowest BCUT2D eigenvalue weighted by atomic mass is 10.0. The average molecular weight is 211 g/mol. The third-order valence-electron chi connectivity index (χ3n) is 2.74. The third-order valence-corrected chi connectivity index (χ3v) is 2.74. The van der Waals surface area contributed by atoms with Crippen molar-refractivity contribution in [1.82, 2.24) is 0 Å². The Bertz CT molecular complexity index is 705. The number of aromatic hydroxyl groups is 2. The van der Waals surface area contributed by atoms with Crippen LogP contribution in [0.15, 0.2) is 35.3 Å². The molecule has 1 heterocycles. The summed E-state index contributed by atoms with van der Waals surface area (Å²) in [6, 6.07) is 8.87. The SMILES string of the molecule is C=c1cc(O)c2c(c1O)-c1ccccc1N=2. The van der Waals surface area contributed by atoms with Crippen molar-refractivity contribution in [3.05, 3.63) is 40.9 Å². The van der Waals surface area contributed by atoms with Gasteiger partial charge in [0.25, 0.3) is 0 Å². The minimum Gasteiger partial charge on any atom is -0.507 e. The second-order valence-corrected chi connectivity index (χ2v) is 3.76. The first-order valence-electron chi connectivity index (χ1n) is 4.90. The molecule has 0 aromatic heterocycles. The fourth-order valence-electron chi connectivity index (χ4n) is 1.97. The Hall–Kier alpha value is -2.29. The lowest BCUT2D eigenvalue weighted by Crippen LogP contribution is -2.10. The van der Waals surface area contributed by atoms with E-state index < -0.39 is 0 Å². The number of fused-ring (bicyclic) bond motifs is 3. The normalized spacial score (nSPS) is 11.8. The monoisotopic (exact) mass is 211 g/mol. The summed E-state index contributed by atoms with van der Waals surface area (Å²) in [5.74, 6) is 0.135. The fourth-order valence-corrected chi connectivity index (χ4v) is 1.97. The van der Waals surface area contributed by atoms with Crippen LogP contribution in [0.5, 0.6) is 11.5 Å². The van der Waals surface area contributed by atoms with Gasteiger partial charge < -0.3 is 10.2 Å². The highest BCUT2D eigenvalue weighted by Gasteiger charge is 2.19. The molecule has 0 saturated heterocycles. The molecule has 0 fully saturated rings. The summed E-state index contributed by atoms with van der Waals surface area (Å²) in [4.78, 5) is 4.28. The molecule has 0 spiro atoms. The van der Waals surface area contributed by atoms with Crippen LogP contribution in [0.25, 0.3) is 17.7 Å². The number of hydrogen-bond acceptors (Lipinski definition) is 3. The Morgan fingerprint density at radius 2 is 1.88 bits per heavy atom. The lowest BCUT2D eigenvalue weighted by molar-refractivity contribution is 0.453. The zero-order valence-electron chi connectivity index (χ0n) is 8.44. The van der Waals surface area contributed by atoms with Crippen molar-refractivity contribution in [3.8, 4) is 22.6 Å². The number of benzene rings is 2. The van der Waals surface area contributed by atoms with Crippen molar-refractivity contribution in [1.29, 1.82) is 0 Å². The first kappa shape index (κ1) is 8.97. The summed E-state index contributed by atoms with van der Waals surface area (Å²) in [5, 5.41) is 20.5. The number of rotatable bonds is 0. The van der Waals surface area contributed by atoms with Crippen LogP contribution in [-0.4, -0.2) is 10.2 Å². The van der Waals surface area contributed by atoms with Gasteiger partial charge in [0.15, 0.2) is 0 Å². The highest BCUT2D eigenvalue weighted by molar-refractivity contribution is 5.84. The second kappa shape index (κ2) is 2.85. The molecule has 0 saturated carbocycles. The van der Waals surface area contributed by atoms with Crippen LogP contribution in [-0.2, 0) is 0 Å². The summed E-state index contributed by atoms with van der Waals surface area (Å²) in [6.45, 7) is 3.68. The summed E-state index contributed by atoms with van der Waals surface area (Å²) < 4.78 is 0. The summed E-state index contributed by atoms with van der Waals surface area (Å²) in [5.41, 5.74) is 2.16. The number of nitrogens with zero attached hydrogens (tertiary/aromatic N) is 1. The molecule has 1 aliphatic heterocycles. The number of phenolic OH excluding ortho intramolecular Hbond substituents is 2. The van der Waals surface area contributed by atoms with Crippen LogP contribution in [0.3, 0.4) is 0 Å². The van der Waals surface area contributed by atoms with E-state index in [-0.39, 0.29) is 11.5 Å². The molecular weight excluding hydrogens is 202 g/mol. The number of para-hydroxylation sites is 1. The Labute approximate surface area is 91.6 Å². The van der Waals surface area contributed by atoms with E-state index in [1.807, 2.05) is 24.3 Å². The Kier molecular flexibility index (Phi) is 1.60. The maximum absolute atomic E-state index is 9.96. The zero-order chi connectivity index (χ0) is 11.3. The summed E-state index contributed by atoms with van der Waals surface area (Å²) >= 11 is 0. The Morgan fingerprint density at radius 3 is 2.69 bits per heavy atom. The molecule has 0 atom stereocenters. The second-order valence-electron chi connectivity index (χ2n) is 3.76. The van der Waals surface area contributed by atoms with Crippen LogP contribution in [0, 0.1) is 0 Å². The quantitative estimate of drug-likeness (QED) is 0.553. The molecule has 0 unspecified atom stereocenters. The van der Waals surface area contributed by atoms with Gasteiger partial charge in [0.1, 0.15) is 16.9 Å². The van der Waals surface area contributed by atoms with E-state index in [2.05, 4.69) is 11.6 Å². The highest BCUT2D eigenvalue weighted by Crippen LogP contribution is 2.36. The standard InChI is InChI=1S/C13H9NO2/c1-7-6-10(15)12-11(13(7)16)8-4-2-3-5-9(8)14-12/h2-6,15-16H,1H2. The van der Waals surface area contributed by atoms with Crippen LogP contribution in [0.2, 0.25) is 0 Å². The van der Waals surface area contributed by atoms with Crippen molar-refractivity contribution in [2.75, 3.05) is 0 Å². The van der Waals surface area contributed by atoms with E-state index in [1.165, 1.54) is 6.07 Å². The molecule has 0 amide bonds. The molecule has 2 aromatic carbocycles. The van der Waals surface area contributed by atoms with Crippen molar-refractivity contribution in [2.24, 2.45) is 4.99 Å². The van der Waals surface area contributed by atoms with Gasteiger partial charge in [-0.3, -0.25) is 0 Å². The largest absolute Gasteiger partial charge is 0.507 e. The number of hydrogen-bond donors (Lipinski definition) is 2. The van der Waals surface area contributed by atoms with E-state index in [1.54, 1.807) is 0 Å². The van der Waals surface area contributed by atoms with Gasteiger partial charge in [-0.15, -0.1) is 0 Å². The topological polar surface area (TPSA) is 52.8 Å². The molecule has 1 aliphatic rings. The molecule has 3 rings (SSSR count). The van der Waals surface area contributed by atoms with Crippen LogP contribution in [0.1, 0.15) is 0 Å². The Balaban J connectivity index is 2.54. The van der Waals surface area contributed by atoms with Crippen molar-refractivity contribution >= 4 is 12.3 Å². The van der Waals surface area contributed by atoms with Crippen molar-refractivity contribution in [3.63, 3.8) is 0 Å². The van der Waals surface area contributed by atoms with E-state index in [0.29, 0.717) is 16.1 Å². The predicted octanol–water partition coefficient (Wildman–Crippen LogP) is 1.44. The highest BCUT2D eigenvalue weighted by atomic mass is 16.3. The van der Waals surface area contributed by atoms with Gasteiger partial charge in [-0.2, -0.15) is 0 Å². The van der Waals surface area contributed by atoms with Gasteiger partial charge in [0, 0.05) is 10.8 Å². The molecule has 3 nitrogen and oxygen atoms in total. The zero-order valence-corrected chi connectivity index (χ0v) is 8.44. The maximum atomic E-state index is 9.96. The molecule has 3 heteroatoms. The molecule has 0 radical (unpaired) electrons. The third kappa shape index (κ3) is 0.997. The molecule has 2 aromatic rings. The predicted molar refractivity (Wildman–Crippen MR) is 61.2 cm³/mol. The van der Waals surface area contributed by atoms with Crippen molar-refractivity contribution < 1.29 is 10.2 Å². The fraction of sp³-hybridized carbons (Fsp3) is 0. The minimum absolute atomic E-state index is 0.0500. The van der Waals surface area contributed by atoms with Gasteiger partial charge >= 0.3 is 0 Å². The van der Waals surface area contributed by atoms with Crippen LogP contribution < -0.4 is 10.6 Å². The molecule has 0 bridgehead atoms. The molecular formula is C13H9NO2. The lowest BCUT2D eigenvalue weighted by Gasteiger charge is -2.03.